The average Bonchev–Trinajstić information content (AvgIpc) is 3.35. The van der Waals surface area contributed by atoms with Gasteiger partial charge in [-0.25, -0.2) is 0 Å². The quantitative estimate of drug-likeness (QED) is 0.470. The first-order chi connectivity index (χ1) is 14.1. The molecule has 2 heterocycles. The van der Waals surface area contributed by atoms with Crippen LogP contribution in [0.1, 0.15) is 37.1 Å². The van der Waals surface area contributed by atoms with Crippen molar-refractivity contribution in [3.8, 4) is 22.7 Å². The van der Waals surface area contributed by atoms with Gasteiger partial charge in [0.25, 0.3) is 5.89 Å². The fourth-order valence-corrected chi connectivity index (χ4v) is 3.44. The van der Waals surface area contributed by atoms with Gasteiger partial charge >= 0.3 is 0 Å². The zero-order valence-corrected chi connectivity index (χ0v) is 16.8. The molecule has 0 saturated carbocycles. The second-order valence-corrected chi connectivity index (χ2v) is 7.34. The van der Waals surface area contributed by atoms with Crippen LogP contribution in [0.25, 0.3) is 22.7 Å². The highest BCUT2D eigenvalue weighted by atomic mass is 16.5. The molecule has 2 aromatic carbocycles. The van der Waals surface area contributed by atoms with E-state index in [2.05, 4.69) is 58.8 Å². The van der Waals surface area contributed by atoms with E-state index in [1.807, 2.05) is 43.3 Å². The molecule has 0 radical (unpaired) electrons. The van der Waals surface area contributed by atoms with Gasteiger partial charge in [-0.15, -0.1) is 10.2 Å². The summed E-state index contributed by atoms with van der Waals surface area (Å²) in [5.41, 5.74) is 3.62. The number of nitrogens with one attached hydrogen (secondary N) is 1. The van der Waals surface area contributed by atoms with Crippen molar-refractivity contribution in [2.75, 3.05) is 0 Å². The Kier molecular flexibility index (Phi) is 5.53. The Morgan fingerprint density at radius 1 is 0.931 bits per heavy atom. The van der Waals surface area contributed by atoms with Crippen LogP contribution in [-0.4, -0.2) is 15.4 Å². The molecular weight excluding hydrogens is 364 g/mol. The Bertz CT molecular complexity index is 1050. The van der Waals surface area contributed by atoms with Crippen LogP contribution >= 0.6 is 0 Å². The van der Waals surface area contributed by atoms with E-state index in [9.17, 15) is 0 Å². The maximum atomic E-state index is 5.95. The highest BCUT2D eigenvalue weighted by Gasteiger charge is 2.22. The van der Waals surface area contributed by atoms with E-state index in [4.69, 9.17) is 8.94 Å². The molecule has 6 nitrogen and oxygen atoms in total. The Labute approximate surface area is 170 Å². The molecule has 0 aliphatic rings. The molecule has 0 spiro atoms. The average molecular weight is 388 g/mol. The lowest BCUT2D eigenvalue weighted by atomic mass is 9.96. The minimum Gasteiger partial charge on any atom is -0.419 e. The van der Waals surface area contributed by atoms with E-state index in [1.54, 1.807) is 0 Å². The molecule has 4 aromatic rings. The fraction of sp³-hybridized carbons (Fsp3) is 0.261. The van der Waals surface area contributed by atoms with Gasteiger partial charge in [-0.05, 0) is 18.4 Å². The predicted molar refractivity (Wildman–Crippen MR) is 111 cm³/mol. The first-order valence-corrected chi connectivity index (χ1v) is 9.76. The molecule has 29 heavy (non-hydrogen) atoms. The van der Waals surface area contributed by atoms with Gasteiger partial charge in [0.1, 0.15) is 17.0 Å². The molecular formula is C23H24N4O2. The standard InChI is InChI=1S/C23H24N4O2/c1-15(2)21(17-10-6-4-7-11-17)24-14-19-25-26-23(28-19)20-16(3)29-27-22(20)18-12-8-5-9-13-18/h4-13,15,21,24H,14H2,1-3H3/t21-/m1/s1. The van der Waals surface area contributed by atoms with Gasteiger partial charge < -0.3 is 14.3 Å². The van der Waals surface area contributed by atoms with Crippen molar-refractivity contribution in [3.63, 3.8) is 0 Å². The molecule has 0 fully saturated rings. The number of aryl methyl sites for hydroxylation is 1. The third kappa shape index (κ3) is 4.12. The van der Waals surface area contributed by atoms with E-state index in [0.717, 1.165) is 11.1 Å². The Hall–Kier alpha value is -3.25. The van der Waals surface area contributed by atoms with Crippen LogP contribution in [0.3, 0.4) is 0 Å². The summed E-state index contributed by atoms with van der Waals surface area (Å²) in [5.74, 6) is 2.02. The van der Waals surface area contributed by atoms with Crippen LogP contribution in [0, 0.1) is 12.8 Å². The molecule has 6 heteroatoms. The van der Waals surface area contributed by atoms with Gasteiger partial charge in [-0.3, -0.25) is 0 Å². The summed E-state index contributed by atoms with van der Waals surface area (Å²) in [6, 6.07) is 20.4. The molecule has 148 valence electrons. The first-order valence-electron chi connectivity index (χ1n) is 9.76. The molecule has 1 N–H and O–H groups in total. The number of aromatic nitrogens is 3. The minimum absolute atomic E-state index is 0.198. The van der Waals surface area contributed by atoms with Crippen LogP contribution in [0.15, 0.2) is 69.6 Å². The van der Waals surface area contributed by atoms with E-state index in [1.165, 1.54) is 5.56 Å². The Morgan fingerprint density at radius 3 is 2.31 bits per heavy atom. The summed E-state index contributed by atoms with van der Waals surface area (Å²) < 4.78 is 11.4. The van der Waals surface area contributed by atoms with Crippen LogP contribution in [-0.2, 0) is 6.54 Å². The van der Waals surface area contributed by atoms with Gasteiger partial charge in [0.15, 0.2) is 0 Å². The highest BCUT2D eigenvalue weighted by Crippen LogP contribution is 2.33. The number of nitrogens with zero attached hydrogens (tertiary/aromatic N) is 3. The van der Waals surface area contributed by atoms with Gasteiger partial charge in [0.05, 0.1) is 6.54 Å². The van der Waals surface area contributed by atoms with Crippen LogP contribution in [0.4, 0.5) is 0 Å². The summed E-state index contributed by atoms with van der Waals surface area (Å²) in [7, 11) is 0. The monoisotopic (exact) mass is 388 g/mol. The zero-order valence-electron chi connectivity index (χ0n) is 16.8. The Balaban J connectivity index is 1.55. The summed E-state index contributed by atoms with van der Waals surface area (Å²) in [5, 5.41) is 16.2. The summed E-state index contributed by atoms with van der Waals surface area (Å²) >= 11 is 0. The maximum absolute atomic E-state index is 5.95. The van der Waals surface area contributed by atoms with Crippen molar-refractivity contribution in [3.05, 3.63) is 77.9 Å². The molecule has 0 aliphatic carbocycles. The smallest absolute Gasteiger partial charge is 0.253 e. The second-order valence-electron chi connectivity index (χ2n) is 7.34. The molecule has 0 bridgehead atoms. The zero-order chi connectivity index (χ0) is 20.2. The lowest BCUT2D eigenvalue weighted by molar-refractivity contribution is 0.379. The molecule has 0 amide bonds. The lowest BCUT2D eigenvalue weighted by Crippen LogP contribution is -2.25. The van der Waals surface area contributed by atoms with Crippen molar-refractivity contribution in [1.82, 2.24) is 20.7 Å². The second kappa shape index (κ2) is 8.41. The Morgan fingerprint density at radius 2 is 1.62 bits per heavy atom. The van der Waals surface area contributed by atoms with Crippen molar-refractivity contribution >= 4 is 0 Å². The van der Waals surface area contributed by atoms with Crippen molar-refractivity contribution < 1.29 is 8.94 Å². The SMILES string of the molecule is Cc1onc(-c2ccccc2)c1-c1nnc(CN[C@@H](c2ccccc2)C(C)C)o1. The predicted octanol–water partition coefficient (Wildman–Crippen LogP) is 5.19. The molecule has 1 atom stereocenters. The molecule has 4 rings (SSSR count). The summed E-state index contributed by atoms with van der Waals surface area (Å²) in [6.45, 7) is 6.71. The molecule has 2 aromatic heterocycles. The van der Waals surface area contributed by atoms with Crippen molar-refractivity contribution in [1.29, 1.82) is 0 Å². The summed E-state index contributed by atoms with van der Waals surface area (Å²) in [6.07, 6.45) is 0. The third-order valence-electron chi connectivity index (χ3n) is 4.89. The van der Waals surface area contributed by atoms with Gasteiger partial charge in [0.2, 0.25) is 5.89 Å². The van der Waals surface area contributed by atoms with Crippen LogP contribution in [0.5, 0.6) is 0 Å². The number of hydrogen-bond acceptors (Lipinski definition) is 6. The molecule has 0 unspecified atom stereocenters. The number of benzene rings is 2. The minimum atomic E-state index is 0.198. The van der Waals surface area contributed by atoms with E-state index >= 15 is 0 Å². The van der Waals surface area contributed by atoms with Gasteiger partial charge in [-0.1, -0.05) is 79.7 Å². The van der Waals surface area contributed by atoms with Crippen LogP contribution in [0.2, 0.25) is 0 Å². The van der Waals surface area contributed by atoms with Crippen LogP contribution < -0.4 is 5.32 Å². The van der Waals surface area contributed by atoms with E-state index in [-0.39, 0.29) is 6.04 Å². The van der Waals surface area contributed by atoms with Gasteiger partial charge in [-0.2, -0.15) is 0 Å². The van der Waals surface area contributed by atoms with E-state index < -0.39 is 0 Å². The van der Waals surface area contributed by atoms with E-state index in [0.29, 0.717) is 35.7 Å². The lowest BCUT2D eigenvalue weighted by Gasteiger charge is -2.22. The largest absolute Gasteiger partial charge is 0.419 e. The number of hydrogen-bond donors (Lipinski definition) is 1. The van der Waals surface area contributed by atoms with Crippen molar-refractivity contribution in [2.24, 2.45) is 5.92 Å². The highest BCUT2D eigenvalue weighted by molar-refractivity contribution is 5.77. The third-order valence-corrected chi connectivity index (χ3v) is 4.89. The summed E-state index contributed by atoms with van der Waals surface area (Å²) in [4.78, 5) is 0. The van der Waals surface area contributed by atoms with Gasteiger partial charge in [0, 0.05) is 11.6 Å². The maximum Gasteiger partial charge on any atom is 0.253 e. The normalized spacial score (nSPS) is 12.4. The fourth-order valence-electron chi connectivity index (χ4n) is 3.44. The van der Waals surface area contributed by atoms with Crippen molar-refractivity contribution in [2.45, 2.75) is 33.4 Å². The molecule has 0 saturated heterocycles. The first kappa shape index (κ1) is 19.1. The topological polar surface area (TPSA) is 77.0 Å². The molecule has 0 aliphatic heterocycles. The number of rotatable bonds is 7.